The van der Waals surface area contributed by atoms with E-state index < -0.39 is 4.92 Å². The van der Waals surface area contributed by atoms with E-state index in [2.05, 4.69) is 56.4 Å². The van der Waals surface area contributed by atoms with E-state index in [-0.39, 0.29) is 22.9 Å². The highest BCUT2D eigenvalue weighted by molar-refractivity contribution is 6.30. The first-order valence-electron chi connectivity index (χ1n) is 18.2. The third-order valence-electron chi connectivity index (χ3n) is 10.8. The van der Waals surface area contributed by atoms with Crippen LogP contribution in [0.4, 0.5) is 22.9 Å². The topological polar surface area (TPSA) is 126 Å². The van der Waals surface area contributed by atoms with Crippen LogP contribution in [0.3, 0.4) is 0 Å². The molecule has 1 amide bonds. The standard InChI is InChI=1S/C40H46ClN7O4/c1-40(2)16-13-33(28-3-7-31(41)8-4-28)30(23-40)25-46-17-19-47(20-18-46)32-9-5-29(6-10-32)39(49)45-38-34-11-12-35(42-24-27-14-21-52-22-15-27)37(48(50)51)36(34)43-26-44-38/h3-12,26-27,42H,13-25H2,1-2H3,(H,43,44,45,49). The Bertz CT molecular complexity index is 1950. The van der Waals surface area contributed by atoms with Crippen LogP contribution in [0.2, 0.25) is 5.02 Å². The molecule has 1 aliphatic carbocycles. The minimum Gasteiger partial charge on any atom is -0.381 e. The van der Waals surface area contributed by atoms with Crippen molar-refractivity contribution in [3.05, 3.63) is 98.8 Å². The van der Waals surface area contributed by atoms with Crippen LogP contribution in [0.25, 0.3) is 16.5 Å². The molecule has 3 heterocycles. The molecule has 0 saturated carbocycles. The number of hydrogen-bond acceptors (Lipinski definition) is 9. The van der Waals surface area contributed by atoms with Gasteiger partial charge in [0, 0.05) is 68.8 Å². The molecule has 2 N–H and O–H groups in total. The normalized spacial score (nSPS) is 18.4. The number of rotatable bonds is 10. The molecular weight excluding hydrogens is 678 g/mol. The number of nitro benzene ring substituents is 1. The number of amides is 1. The average molecular weight is 724 g/mol. The number of anilines is 3. The Balaban J connectivity index is 0.985. The Labute approximate surface area is 309 Å². The number of ether oxygens (including phenoxy) is 1. The predicted octanol–water partition coefficient (Wildman–Crippen LogP) is 8.07. The Morgan fingerprint density at radius 3 is 2.44 bits per heavy atom. The average Bonchev–Trinajstić information content (AvgIpc) is 3.15. The summed E-state index contributed by atoms with van der Waals surface area (Å²) in [5.74, 6) is 0.262. The van der Waals surface area contributed by atoms with Gasteiger partial charge in [-0.05, 0) is 103 Å². The lowest BCUT2D eigenvalue weighted by Crippen LogP contribution is -2.47. The summed E-state index contributed by atoms with van der Waals surface area (Å²) in [6.07, 6.45) is 6.45. The van der Waals surface area contributed by atoms with E-state index in [0.717, 1.165) is 69.1 Å². The van der Waals surface area contributed by atoms with Crippen LogP contribution < -0.4 is 15.5 Å². The zero-order valence-electron chi connectivity index (χ0n) is 29.9. The fraction of sp³-hybridized carbons (Fsp3) is 0.425. The lowest BCUT2D eigenvalue weighted by Gasteiger charge is -2.39. The van der Waals surface area contributed by atoms with Crippen molar-refractivity contribution < 1.29 is 14.5 Å². The molecule has 3 aliphatic rings. The van der Waals surface area contributed by atoms with Gasteiger partial charge in [0.05, 0.1) is 10.3 Å². The molecular formula is C40H46ClN7O4. The first-order valence-corrected chi connectivity index (χ1v) is 18.6. The summed E-state index contributed by atoms with van der Waals surface area (Å²) in [5, 5.41) is 19.5. The van der Waals surface area contributed by atoms with Gasteiger partial charge in [0.25, 0.3) is 5.91 Å². The van der Waals surface area contributed by atoms with Crippen molar-refractivity contribution in [1.82, 2.24) is 14.9 Å². The highest BCUT2D eigenvalue weighted by atomic mass is 35.5. The lowest BCUT2D eigenvalue weighted by atomic mass is 9.73. The van der Waals surface area contributed by atoms with E-state index in [9.17, 15) is 14.9 Å². The summed E-state index contributed by atoms with van der Waals surface area (Å²) in [6.45, 7) is 11.4. The van der Waals surface area contributed by atoms with Crippen molar-refractivity contribution in [2.45, 2.75) is 46.0 Å². The van der Waals surface area contributed by atoms with Crippen molar-refractivity contribution in [2.75, 3.05) is 68.0 Å². The highest BCUT2D eigenvalue weighted by Crippen LogP contribution is 2.43. The molecule has 1 aromatic heterocycles. The van der Waals surface area contributed by atoms with Gasteiger partial charge in [-0.15, -0.1) is 0 Å². The van der Waals surface area contributed by atoms with Gasteiger partial charge in [0.2, 0.25) is 0 Å². The Kier molecular flexibility index (Phi) is 10.7. The molecule has 52 heavy (non-hydrogen) atoms. The van der Waals surface area contributed by atoms with Gasteiger partial charge in [0.1, 0.15) is 17.8 Å². The molecule has 272 valence electrons. The minimum atomic E-state index is -0.432. The van der Waals surface area contributed by atoms with Gasteiger partial charge in [-0.2, -0.15) is 0 Å². The Morgan fingerprint density at radius 1 is 1.00 bits per heavy atom. The number of nitrogens with one attached hydrogen (secondary N) is 2. The molecule has 2 fully saturated rings. The van der Waals surface area contributed by atoms with E-state index >= 15 is 0 Å². The van der Waals surface area contributed by atoms with E-state index in [4.69, 9.17) is 16.3 Å². The second kappa shape index (κ2) is 15.6. The number of benzene rings is 3. The molecule has 7 rings (SSSR count). The quantitative estimate of drug-likeness (QED) is 0.123. The van der Waals surface area contributed by atoms with Gasteiger partial charge in [-0.25, -0.2) is 9.97 Å². The molecule has 3 aromatic carbocycles. The fourth-order valence-corrected chi connectivity index (χ4v) is 7.87. The Morgan fingerprint density at radius 2 is 1.73 bits per heavy atom. The highest BCUT2D eigenvalue weighted by Gasteiger charge is 2.30. The molecule has 2 aliphatic heterocycles. The van der Waals surface area contributed by atoms with Crippen LogP contribution in [-0.2, 0) is 4.74 Å². The molecule has 4 aromatic rings. The number of halogens is 1. The van der Waals surface area contributed by atoms with Crippen LogP contribution in [-0.4, -0.2) is 78.2 Å². The number of nitro groups is 1. The van der Waals surface area contributed by atoms with E-state index in [1.54, 1.807) is 12.1 Å². The van der Waals surface area contributed by atoms with Crippen LogP contribution in [0.5, 0.6) is 0 Å². The SMILES string of the molecule is CC1(C)CCC(c2ccc(Cl)cc2)=C(CN2CCN(c3ccc(C(=O)Nc4ncnc5c([N+](=O)[O-])c(NCC6CCOCC6)ccc45)cc3)CC2)C1. The number of carbonyl (C=O) groups is 1. The third-order valence-corrected chi connectivity index (χ3v) is 11.0. The largest absolute Gasteiger partial charge is 0.381 e. The predicted molar refractivity (Wildman–Crippen MR) is 207 cm³/mol. The molecule has 12 heteroatoms. The van der Waals surface area contributed by atoms with Crippen LogP contribution in [0.15, 0.2) is 72.6 Å². The zero-order chi connectivity index (χ0) is 36.2. The number of piperazine rings is 1. The summed E-state index contributed by atoms with van der Waals surface area (Å²) in [6, 6.07) is 19.3. The van der Waals surface area contributed by atoms with Gasteiger partial charge < -0.3 is 20.3 Å². The molecule has 0 radical (unpaired) electrons. The van der Waals surface area contributed by atoms with E-state index in [1.807, 2.05) is 36.4 Å². The summed E-state index contributed by atoms with van der Waals surface area (Å²) in [4.78, 5) is 38.6. The van der Waals surface area contributed by atoms with Gasteiger partial charge in [-0.1, -0.05) is 43.2 Å². The smallest absolute Gasteiger partial charge is 0.318 e. The maximum atomic E-state index is 13.4. The lowest BCUT2D eigenvalue weighted by molar-refractivity contribution is -0.382. The fourth-order valence-electron chi connectivity index (χ4n) is 7.75. The minimum absolute atomic E-state index is 0.131. The molecule has 0 spiro atoms. The molecule has 2 saturated heterocycles. The van der Waals surface area contributed by atoms with Crippen molar-refractivity contribution in [3.8, 4) is 0 Å². The van der Waals surface area contributed by atoms with Crippen molar-refractivity contribution in [1.29, 1.82) is 0 Å². The van der Waals surface area contributed by atoms with Crippen LogP contribution in [0.1, 0.15) is 61.9 Å². The maximum absolute atomic E-state index is 13.4. The molecule has 0 atom stereocenters. The summed E-state index contributed by atoms with van der Waals surface area (Å²) in [5.41, 5.74) is 6.58. The number of allylic oxidation sites excluding steroid dienone is 1. The van der Waals surface area contributed by atoms with Crippen LogP contribution in [0, 0.1) is 21.4 Å². The number of hydrogen-bond donors (Lipinski definition) is 2. The van der Waals surface area contributed by atoms with Gasteiger partial charge in [-0.3, -0.25) is 19.8 Å². The first kappa shape index (κ1) is 35.8. The van der Waals surface area contributed by atoms with E-state index in [1.165, 1.54) is 29.5 Å². The number of carbonyl (C=O) groups excluding carboxylic acids is 1. The van der Waals surface area contributed by atoms with Crippen molar-refractivity contribution >= 4 is 56.9 Å². The third kappa shape index (κ3) is 8.22. The summed E-state index contributed by atoms with van der Waals surface area (Å²) < 4.78 is 5.43. The second-order valence-electron chi connectivity index (χ2n) is 15.0. The zero-order valence-corrected chi connectivity index (χ0v) is 30.6. The van der Waals surface area contributed by atoms with Crippen molar-refractivity contribution in [2.24, 2.45) is 11.3 Å². The number of fused-ring (bicyclic) bond motifs is 1. The number of nitrogens with zero attached hydrogens (tertiary/aromatic N) is 5. The molecule has 0 bridgehead atoms. The van der Waals surface area contributed by atoms with E-state index in [0.29, 0.717) is 47.7 Å². The second-order valence-corrected chi connectivity index (χ2v) is 15.4. The van der Waals surface area contributed by atoms with Crippen LogP contribution >= 0.6 is 11.6 Å². The maximum Gasteiger partial charge on any atom is 0.318 e. The van der Waals surface area contributed by atoms with Gasteiger partial charge in [0.15, 0.2) is 5.52 Å². The molecule has 0 unspecified atom stereocenters. The van der Waals surface area contributed by atoms with Crippen molar-refractivity contribution in [3.63, 3.8) is 0 Å². The summed E-state index contributed by atoms with van der Waals surface area (Å²) >= 11 is 6.20. The molecule has 11 nitrogen and oxygen atoms in total. The van der Waals surface area contributed by atoms with Gasteiger partial charge >= 0.3 is 5.69 Å². The monoisotopic (exact) mass is 723 g/mol. The Hall–Kier alpha value is -4.58. The number of aromatic nitrogens is 2. The first-order chi connectivity index (χ1) is 25.1. The summed E-state index contributed by atoms with van der Waals surface area (Å²) in [7, 11) is 0.